The third kappa shape index (κ3) is 5.00. The van der Waals surface area contributed by atoms with E-state index >= 15 is 0 Å². The summed E-state index contributed by atoms with van der Waals surface area (Å²) in [5, 5.41) is 9.31. The molecule has 2 aliphatic heterocycles. The quantitative estimate of drug-likeness (QED) is 0.654. The third-order valence-corrected chi connectivity index (χ3v) is 7.68. The predicted molar refractivity (Wildman–Crippen MR) is 118 cm³/mol. The summed E-state index contributed by atoms with van der Waals surface area (Å²) in [5.74, 6) is -0.915. The first-order chi connectivity index (χ1) is 14.1. The fourth-order valence-corrected chi connectivity index (χ4v) is 5.69. The summed E-state index contributed by atoms with van der Waals surface area (Å²) in [7, 11) is 0. The molecule has 4 rings (SSSR count). The lowest BCUT2D eigenvalue weighted by Crippen LogP contribution is -2.40. The fourth-order valence-electron chi connectivity index (χ4n) is 4.13. The number of fused-ring (bicyclic) bond motifs is 2. The minimum absolute atomic E-state index is 0.0216. The van der Waals surface area contributed by atoms with Gasteiger partial charge in [0, 0.05) is 34.2 Å². The molecule has 154 valence electrons. The highest BCUT2D eigenvalue weighted by Crippen LogP contribution is 2.43. The van der Waals surface area contributed by atoms with Crippen molar-refractivity contribution in [1.82, 2.24) is 4.90 Å². The normalized spacial score (nSPS) is 21.8. The monoisotopic (exact) mass is 429 g/mol. The van der Waals surface area contributed by atoms with Gasteiger partial charge in [-0.1, -0.05) is 30.0 Å². The second kappa shape index (κ2) is 9.56. The number of hydrogen-bond donors (Lipinski definition) is 1. The maximum Gasteiger partial charge on any atom is 0.307 e. The van der Waals surface area contributed by atoms with Crippen molar-refractivity contribution in [3.63, 3.8) is 0 Å². The van der Waals surface area contributed by atoms with Gasteiger partial charge in [0.05, 0.1) is 18.6 Å². The average Bonchev–Trinajstić information content (AvgIpc) is 2.90. The molecule has 0 radical (unpaired) electrons. The standard InChI is InChI=1S/C23H27NO3S2/c1-28-18-8-9-22-19(14-18)20(13-16-5-2-3-7-21(16)29-22)27-12-11-24-10-4-6-17(15-24)23(25)26/h2-3,5,7-9,14,17,20H,4,6,10-13,15H2,1H3,(H,25,26). The van der Waals surface area contributed by atoms with E-state index in [0.29, 0.717) is 13.2 Å². The van der Waals surface area contributed by atoms with Crippen LogP contribution in [0.5, 0.6) is 0 Å². The lowest BCUT2D eigenvalue weighted by atomic mass is 9.98. The lowest BCUT2D eigenvalue weighted by molar-refractivity contribution is -0.143. The van der Waals surface area contributed by atoms with E-state index in [4.69, 9.17) is 4.74 Å². The van der Waals surface area contributed by atoms with Crippen LogP contribution in [0.4, 0.5) is 0 Å². The summed E-state index contributed by atoms with van der Waals surface area (Å²) in [6.45, 7) is 3.00. The molecule has 0 saturated carbocycles. The molecule has 6 heteroatoms. The zero-order valence-corrected chi connectivity index (χ0v) is 18.3. The summed E-state index contributed by atoms with van der Waals surface area (Å²) in [5.41, 5.74) is 2.59. The van der Waals surface area contributed by atoms with Crippen LogP contribution in [0, 0.1) is 5.92 Å². The van der Waals surface area contributed by atoms with E-state index in [1.807, 2.05) is 11.8 Å². The first kappa shape index (κ1) is 20.8. The van der Waals surface area contributed by atoms with Gasteiger partial charge in [0.2, 0.25) is 0 Å². The van der Waals surface area contributed by atoms with Crippen LogP contribution in [0.25, 0.3) is 0 Å². The Morgan fingerprint density at radius 2 is 2.14 bits per heavy atom. The van der Waals surface area contributed by atoms with Crippen LogP contribution >= 0.6 is 23.5 Å². The van der Waals surface area contributed by atoms with Gasteiger partial charge in [0.25, 0.3) is 0 Å². The van der Waals surface area contributed by atoms with Crippen molar-refractivity contribution < 1.29 is 14.6 Å². The van der Waals surface area contributed by atoms with E-state index in [1.165, 1.54) is 25.8 Å². The lowest BCUT2D eigenvalue weighted by Gasteiger charge is -2.31. The molecule has 0 spiro atoms. The van der Waals surface area contributed by atoms with Crippen LogP contribution in [0.3, 0.4) is 0 Å². The molecule has 1 saturated heterocycles. The summed E-state index contributed by atoms with van der Waals surface area (Å²) in [6.07, 6.45) is 4.73. The first-order valence-corrected chi connectivity index (χ1v) is 12.2. The van der Waals surface area contributed by atoms with Gasteiger partial charge in [-0.3, -0.25) is 4.79 Å². The number of piperidine rings is 1. The first-order valence-electron chi connectivity index (χ1n) is 10.1. The van der Waals surface area contributed by atoms with Crippen LogP contribution in [-0.4, -0.2) is 48.5 Å². The zero-order valence-electron chi connectivity index (χ0n) is 16.7. The summed E-state index contributed by atoms with van der Waals surface area (Å²) < 4.78 is 6.43. The van der Waals surface area contributed by atoms with Crippen LogP contribution < -0.4 is 0 Å². The number of carboxylic acid groups (broad SMARTS) is 1. The Morgan fingerprint density at radius 3 is 2.97 bits per heavy atom. The Hall–Kier alpha value is -1.47. The Morgan fingerprint density at radius 1 is 1.28 bits per heavy atom. The van der Waals surface area contributed by atoms with E-state index in [1.54, 1.807) is 11.8 Å². The largest absolute Gasteiger partial charge is 0.481 e. The highest BCUT2D eigenvalue weighted by molar-refractivity contribution is 7.99. The van der Waals surface area contributed by atoms with Gasteiger partial charge in [-0.05, 0) is 61.0 Å². The average molecular weight is 430 g/mol. The van der Waals surface area contributed by atoms with Crippen molar-refractivity contribution in [2.45, 2.75) is 40.1 Å². The fraction of sp³-hybridized carbons (Fsp3) is 0.435. The Kier molecular flexibility index (Phi) is 6.85. The van der Waals surface area contributed by atoms with Gasteiger partial charge < -0.3 is 14.7 Å². The number of ether oxygens (including phenoxy) is 1. The van der Waals surface area contributed by atoms with Gasteiger partial charge in [-0.2, -0.15) is 0 Å². The van der Waals surface area contributed by atoms with Gasteiger partial charge in [0.1, 0.15) is 0 Å². The van der Waals surface area contributed by atoms with Crippen molar-refractivity contribution in [2.24, 2.45) is 5.92 Å². The smallest absolute Gasteiger partial charge is 0.307 e. The van der Waals surface area contributed by atoms with Crippen LogP contribution in [0.1, 0.15) is 30.1 Å². The molecule has 2 heterocycles. The number of nitrogens with zero attached hydrogens (tertiary/aromatic N) is 1. The van der Waals surface area contributed by atoms with Gasteiger partial charge >= 0.3 is 5.97 Å². The van der Waals surface area contributed by atoms with Crippen molar-refractivity contribution >= 4 is 29.5 Å². The van der Waals surface area contributed by atoms with Gasteiger partial charge in [0.15, 0.2) is 0 Å². The van der Waals surface area contributed by atoms with Crippen LogP contribution in [0.2, 0.25) is 0 Å². The molecule has 2 aromatic rings. The molecule has 29 heavy (non-hydrogen) atoms. The van der Waals surface area contributed by atoms with Crippen LogP contribution in [-0.2, 0) is 16.0 Å². The molecule has 2 atom stereocenters. The maximum absolute atomic E-state index is 11.3. The SMILES string of the molecule is CSc1ccc2c(c1)C(OCCN1CCCC(C(=O)O)C1)Cc1ccccc1S2. The summed E-state index contributed by atoms with van der Waals surface area (Å²) in [4.78, 5) is 17.4. The van der Waals surface area contributed by atoms with Crippen molar-refractivity contribution in [3.8, 4) is 0 Å². The number of hydrogen-bond acceptors (Lipinski definition) is 5. The Bertz CT molecular complexity index is 873. The number of rotatable bonds is 6. The zero-order chi connectivity index (χ0) is 20.2. The number of benzene rings is 2. The molecule has 1 N–H and O–H groups in total. The highest BCUT2D eigenvalue weighted by Gasteiger charge is 2.27. The van der Waals surface area contributed by atoms with Crippen molar-refractivity contribution in [2.75, 3.05) is 32.5 Å². The molecule has 4 nitrogen and oxygen atoms in total. The molecule has 2 aliphatic rings. The van der Waals surface area contributed by atoms with Gasteiger partial charge in [-0.25, -0.2) is 0 Å². The van der Waals surface area contributed by atoms with E-state index < -0.39 is 5.97 Å². The molecule has 0 aromatic heterocycles. The number of carboxylic acids is 1. The van der Waals surface area contributed by atoms with Crippen LogP contribution in [0.15, 0.2) is 57.2 Å². The molecule has 2 aromatic carbocycles. The number of thioether (sulfide) groups is 1. The second-order valence-electron chi connectivity index (χ2n) is 7.66. The maximum atomic E-state index is 11.3. The van der Waals surface area contributed by atoms with E-state index in [9.17, 15) is 9.90 Å². The minimum atomic E-state index is -0.674. The minimum Gasteiger partial charge on any atom is -0.481 e. The van der Waals surface area contributed by atoms with Gasteiger partial charge in [-0.15, -0.1) is 11.8 Å². The summed E-state index contributed by atoms with van der Waals surface area (Å²) in [6, 6.07) is 15.2. The predicted octanol–water partition coefficient (Wildman–Crippen LogP) is 4.97. The topological polar surface area (TPSA) is 49.8 Å². The Balaban J connectivity index is 1.48. The molecule has 0 amide bonds. The molecule has 0 aliphatic carbocycles. The number of likely N-dealkylation sites (tertiary alicyclic amines) is 1. The molecule has 1 fully saturated rings. The molecule has 2 unspecified atom stereocenters. The van der Waals surface area contributed by atoms with Crippen molar-refractivity contribution in [1.29, 1.82) is 0 Å². The van der Waals surface area contributed by atoms with E-state index in [0.717, 1.165) is 32.4 Å². The third-order valence-electron chi connectivity index (χ3n) is 5.74. The molecular formula is C23H27NO3S2. The highest BCUT2D eigenvalue weighted by atomic mass is 32.2. The second-order valence-corrected chi connectivity index (χ2v) is 9.62. The summed E-state index contributed by atoms with van der Waals surface area (Å²) >= 11 is 3.58. The number of aliphatic carboxylic acids is 1. The van der Waals surface area contributed by atoms with E-state index in [2.05, 4.69) is 53.6 Å². The Labute approximate surface area is 181 Å². The van der Waals surface area contributed by atoms with Crippen molar-refractivity contribution in [3.05, 3.63) is 53.6 Å². The molecular weight excluding hydrogens is 402 g/mol. The van der Waals surface area contributed by atoms with E-state index in [-0.39, 0.29) is 12.0 Å². The molecule has 0 bridgehead atoms. The number of carbonyl (C=O) groups is 1.